The molecule has 0 spiro atoms. The normalized spacial score (nSPS) is 17.4. The van der Waals surface area contributed by atoms with E-state index in [1.165, 1.54) is 75.0 Å². The number of amides is 2. The molecule has 2 aliphatic heterocycles. The Balaban J connectivity index is 1.12. The molecule has 34 heavy (non-hydrogen) atoms. The second-order valence-corrected chi connectivity index (χ2v) is 9.89. The molecule has 2 aromatic rings. The number of nitrogens with one attached hydrogen (secondary N) is 2. The van der Waals surface area contributed by atoms with Gasteiger partial charge in [0, 0.05) is 43.1 Å². The molecule has 4 rings (SSSR count). The molecule has 6 nitrogen and oxygen atoms in total. The largest absolute Gasteiger partial charge is 0.372 e. The highest BCUT2D eigenvalue weighted by Gasteiger charge is 2.22. The SMILES string of the molecule is Cc1ccc(N2CCC(CCCC3CCN(c4ccc(C(=O)NNC=O)cc4)CC3)CC2)cc1. The van der Waals surface area contributed by atoms with Crippen LogP contribution in [-0.4, -0.2) is 38.5 Å². The number of hydrogen-bond acceptors (Lipinski definition) is 4. The predicted molar refractivity (Wildman–Crippen MR) is 138 cm³/mol. The number of aryl methyl sites for hydroxylation is 1. The number of benzene rings is 2. The summed E-state index contributed by atoms with van der Waals surface area (Å²) in [7, 11) is 0. The number of nitrogens with zero attached hydrogens (tertiary/aromatic N) is 2. The Labute approximate surface area is 203 Å². The Bertz CT molecular complexity index is 912. The van der Waals surface area contributed by atoms with Crippen LogP contribution in [0.3, 0.4) is 0 Å². The molecular weight excluding hydrogens is 424 g/mol. The van der Waals surface area contributed by atoms with Gasteiger partial charge in [0.15, 0.2) is 0 Å². The van der Waals surface area contributed by atoms with Crippen molar-refractivity contribution in [2.45, 2.75) is 51.9 Å². The zero-order chi connectivity index (χ0) is 23.8. The fourth-order valence-corrected chi connectivity index (χ4v) is 5.40. The fourth-order valence-electron chi connectivity index (χ4n) is 5.40. The summed E-state index contributed by atoms with van der Waals surface area (Å²) >= 11 is 0. The van der Waals surface area contributed by atoms with Crippen LogP contribution in [0.25, 0.3) is 0 Å². The van der Waals surface area contributed by atoms with Gasteiger partial charge in [-0.3, -0.25) is 20.4 Å². The fraction of sp³-hybridized carbons (Fsp3) is 0.500. The molecule has 2 amide bonds. The molecule has 2 aromatic carbocycles. The zero-order valence-electron chi connectivity index (χ0n) is 20.3. The minimum absolute atomic E-state index is 0.307. The maximum atomic E-state index is 11.9. The van der Waals surface area contributed by atoms with Crippen LogP contribution in [0, 0.1) is 18.8 Å². The van der Waals surface area contributed by atoms with Gasteiger partial charge in [-0.25, -0.2) is 0 Å². The summed E-state index contributed by atoms with van der Waals surface area (Å²) in [6.45, 7) is 6.70. The Morgan fingerprint density at radius 2 is 1.29 bits per heavy atom. The molecule has 0 saturated carbocycles. The number of anilines is 2. The maximum Gasteiger partial charge on any atom is 0.269 e. The Hall–Kier alpha value is -3.02. The van der Waals surface area contributed by atoms with Gasteiger partial charge in [-0.05, 0) is 80.8 Å². The molecule has 2 heterocycles. The molecule has 2 saturated heterocycles. The number of carbonyl (C=O) groups excluding carboxylic acids is 2. The first-order valence-corrected chi connectivity index (χ1v) is 12.8. The molecule has 0 atom stereocenters. The van der Waals surface area contributed by atoms with Crippen LogP contribution in [-0.2, 0) is 4.79 Å². The van der Waals surface area contributed by atoms with Crippen LogP contribution in [0.4, 0.5) is 11.4 Å². The quantitative estimate of drug-likeness (QED) is 0.419. The summed E-state index contributed by atoms with van der Waals surface area (Å²) in [5.74, 6) is 1.42. The Morgan fingerprint density at radius 1 is 0.824 bits per heavy atom. The molecule has 0 aliphatic carbocycles. The molecular formula is C28H38N4O2. The minimum Gasteiger partial charge on any atom is -0.372 e. The maximum absolute atomic E-state index is 11.9. The lowest BCUT2D eigenvalue weighted by atomic mass is 9.86. The second-order valence-electron chi connectivity index (χ2n) is 9.89. The van der Waals surface area contributed by atoms with Crippen LogP contribution in [0.15, 0.2) is 48.5 Å². The van der Waals surface area contributed by atoms with Crippen molar-refractivity contribution in [3.8, 4) is 0 Å². The third-order valence-corrected chi connectivity index (χ3v) is 7.59. The van der Waals surface area contributed by atoms with Crippen molar-refractivity contribution in [3.63, 3.8) is 0 Å². The van der Waals surface area contributed by atoms with Gasteiger partial charge in [-0.2, -0.15) is 0 Å². The van der Waals surface area contributed by atoms with Crippen molar-refractivity contribution in [1.82, 2.24) is 10.9 Å². The topological polar surface area (TPSA) is 64.7 Å². The second kappa shape index (κ2) is 11.9. The third-order valence-electron chi connectivity index (χ3n) is 7.59. The number of carbonyl (C=O) groups is 2. The van der Waals surface area contributed by atoms with Crippen LogP contribution in [0.5, 0.6) is 0 Å². The summed E-state index contributed by atoms with van der Waals surface area (Å²) < 4.78 is 0. The van der Waals surface area contributed by atoms with Crippen molar-refractivity contribution in [2.24, 2.45) is 11.8 Å². The smallest absolute Gasteiger partial charge is 0.269 e. The summed E-state index contributed by atoms with van der Waals surface area (Å²) in [5, 5.41) is 0. The van der Waals surface area contributed by atoms with E-state index in [1.807, 2.05) is 24.3 Å². The number of rotatable bonds is 9. The molecule has 0 radical (unpaired) electrons. The highest BCUT2D eigenvalue weighted by Crippen LogP contribution is 2.30. The van der Waals surface area contributed by atoms with Gasteiger partial charge in [-0.15, -0.1) is 0 Å². The highest BCUT2D eigenvalue weighted by atomic mass is 16.2. The molecule has 6 heteroatoms. The van der Waals surface area contributed by atoms with Gasteiger partial charge in [0.05, 0.1) is 0 Å². The Kier molecular flexibility index (Phi) is 8.45. The molecule has 182 valence electrons. The van der Waals surface area contributed by atoms with Crippen LogP contribution in [0.1, 0.15) is 60.9 Å². The van der Waals surface area contributed by atoms with Crippen LogP contribution < -0.4 is 20.7 Å². The van der Waals surface area contributed by atoms with Gasteiger partial charge in [0.25, 0.3) is 5.91 Å². The van der Waals surface area contributed by atoms with E-state index in [2.05, 4.69) is 51.8 Å². The van der Waals surface area contributed by atoms with Crippen molar-refractivity contribution in [2.75, 3.05) is 36.0 Å². The predicted octanol–water partition coefficient (Wildman–Crippen LogP) is 4.69. The number of hydrogen-bond donors (Lipinski definition) is 2. The average Bonchev–Trinajstić information content (AvgIpc) is 2.89. The lowest BCUT2D eigenvalue weighted by Gasteiger charge is -2.35. The van der Waals surface area contributed by atoms with E-state index >= 15 is 0 Å². The Morgan fingerprint density at radius 3 is 1.76 bits per heavy atom. The summed E-state index contributed by atoms with van der Waals surface area (Å²) in [4.78, 5) is 27.2. The van der Waals surface area contributed by atoms with E-state index in [-0.39, 0.29) is 5.91 Å². The number of hydrazine groups is 1. The van der Waals surface area contributed by atoms with Gasteiger partial charge in [0.2, 0.25) is 6.41 Å². The van der Waals surface area contributed by atoms with E-state index in [0.29, 0.717) is 12.0 Å². The van der Waals surface area contributed by atoms with Crippen molar-refractivity contribution < 1.29 is 9.59 Å². The minimum atomic E-state index is -0.307. The van der Waals surface area contributed by atoms with E-state index in [0.717, 1.165) is 24.9 Å². The lowest BCUT2D eigenvalue weighted by molar-refractivity contribution is -0.110. The number of piperidine rings is 2. The summed E-state index contributed by atoms with van der Waals surface area (Å²) in [5.41, 5.74) is 8.93. The van der Waals surface area contributed by atoms with Gasteiger partial charge in [0.1, 0.15) is 0 Å². The van der Waals surface area contributed by atoms with Crippen molar-refractivity contribution in [1.29, 1.82) is 0 Å². The first-order valence-electron chi connectivity index (χ1n) is 12.8. The van der Waals surface area contributed by atoms with E-state index < -0.39 is 0 Å². The molecule has 0 aromatic heterocycles. The monoisotopic (exact) mass is 462 g/mol. The molecule has 2 N–H and O–H groups in total. The van der Waals surface area contributed by atoms with E-state index in [4.69, 9.17) is 0 Å². The standard InChI is InChI=1S/C28H38N4O2/c1-22-5-9-26(10-6-22)31-17-13-23(14-18-31)3-2-4-24-15-19-32(20-16-24)27-11-7-25(8-12-27)28(34)30-29-21-33/h5-12,21,23-24H,2-4,13-20H2,1H3,(H,29,33)(H,30,34). The van der Waals surface area contributed by atoms with Gasteiger partial charge < -0.3 is 9.80 Å². The summed E-state index contributed by atoms with van der Waals surface area (Å²) in [6.07, 6.45) is 9.69. The molecule has 0 unspecified atom stereocenters. The summed E-state index contributed by atoms with van der Waals surface area (Å²) in [6, 6.07) is 16.6. The average molecular weight is 463 g/mol. The first-order chi connectivity index (χ1) is 16.6. The zero-order valence-corrected chi connectivity index (χ0v) is 20.3. The van der Waals surface area contributed by atoms with Crippen LogP contribution >= 0.6 is 0 Å². The molecule has 2 aliphatic rings. The van der Waals surface area contributed by atoms with Crippen LogP contribution in [0.2, 0.25) is 0 Å². The van der Waals surface area contributed by atoms with Crippen molar-refractivity contribution >= 4 is 23.7 Å². The lowest BCUT2D eigenvalue weighted by Crippen LogP contribution is -2.36. The molecule has 0 bridgehead atoms. The molecule has 2 fully saturated rings. The van der Waals surface area contributed by atoms with Crippen molar-refractivity contribution in [3.05, 3.63) is 59.7 Å². The van der Waals surface area contributed by atoms with Gasteiger partial charge >= 0.3 is 0 Å². The van der Waals surface area contributed by atoms with E-state index in [9.17, 15) is 9.59 Å². The third kappa shape index (κ3) is 6.52. The highest BCUT2D eigenvalue weighted by molar-refractivity contribution is 5.94. The van der Waals surface area contributed by atoms with Gasteiger partial charge in [-0.1, -0.05) is 37.0 Å². The van der Waals surface area contributed by atoms with E-state index in [1.54, 1.807) is 0 Å². The first kappa shape index (κ1) is 24.1.